The van der Waals surface area contributed by atoms with Crippen LogP contribution in [0.5, 0.6) is 0 Å². The van der Waals surface area contributed by atoms with Crippen molar-refractivity contribution >= 4 is 25.7 Å². The molecular formula is C7H17N3O4S2. The number of sulfone groups is 1. The zero-order valence-corrected chi connectivity index (χ0v) is 11.1. The van der Waals surface area contributed by atoms with Gasteiger partial charge >= 0.3 is 0 Å². The summed E-state index contributed by atoms with van der Waals surface area (Å²) in [6.45, 7) is 3.05. The minimum atomic E-state index is -3.90. The van der Waals surface area contributed by atoms with Gasteiger partial charge in [-0.05, 0) is 0 Å². The van der Waals surface area contributed by atoms with Gasteiger partial charge in [0.25, 0.3) is 0 Å². The monoisotopic (exact) mass is 271 g/mol. The highest BCUT2D eigenvalue weighted by atomic mass is 32.3. The van der Waals surface area contributed by atoms with Gasteiger partial charge in [-0.2, -0.15) is 0 Å². The average molecular weight is 271 g/mol. The minimum Gasteiger partial charge on any atom is -0.387 e. The van der Waals surface area contributed by atoms with E-state index in [4.69, 9.17) is 11.1 Å². The summed E-state index contributed by atoms with van der Waals surface area (Å²) in [5.41, 5.74) is 4.41. The molecule has 9 heteroatoms. The van der Waals surface area contributed by atoms with E-state index in [0.29, 0.717) is 0 Å². The fraction of sp³-hybridized carbons (Fsp3) is 0.857. The molecule has 0 aromatic carbocycles. The van der Waals surface area contributed by atoms with Crippen LogP contribution in [0.2, 0.25) is 0 Å². The number of amidine groups is 1. The molecule has 0 aliphatic rings. The molecule has 16 heavy (non-hydrogen) atoms. The second-order valence-corrected chi connectivity index (χ2v) is 8.59. The lowest BCUT2D eigenvalue weighted by Gasteiger charge is -2.22. The quantitative estimate of drug-likeness (QED) is 0.415. The van der Waals surface area contributed by atoms with Crippen LogP contribution in [0.25, 0.3) is 0 Å². The Balaban J connectivity index is 4.60. The fourth-order valence-electron chi connectivity index (χ4n) is 0.709. The molecule has 0 amide bonds. The van der Waals surface area contributed by atoms with Crippen molar-refractivity contribution in [2.45, 2.75) is 13.8 Å². The maximum Gasteiger partial charge on any atom is 0.226 e. The fourth-order valence-corrected chi connectivity index (χ4v) is 3.88. The Morgan fingerprint density at radius 1 is 1.31 bits per heavy atom. The van der Waals surface area contributed by atoms with Gasteiger partial charge in [0.2, 0.25) is 10.0 Å². The molecule has 0 radical (unpaired) electrons. The third-order valence-electron chi connectivity index (χ3n) is 1.83. The maximum atomic E-state index is 11.3. The van der Waals surface area contributed by atoms with Crippen LogP contribution < -0.4 is 10.5 Å². The first kappa shape index (κ1) is 15.3. The summed E-state index contributed by atoms with van der Waals surface area (Å²) >= 11 is 0. The lowest BCUT2D eigenvalue weighted by molar-refractivity contribution is 0.494. The Morgan fingerprint density at radius 2 is 1.75 bits per heavy atom. The van der Waals surface area contributed by atoms with Crippen molar-refractivity contribution in [1.29, 1.82) is 5.41 Å². The zero-order chi connectivity index (χ0) is 13.2. The summed E-state index contributed by atoms with van der Waals surface area (Å²) < 4.78 is 46.4. The van der Waals surface area contributed by atoms with Gasteiger partial charge in [-0.25, -0.2) is 21.6 Å². The topological polar surface area (TPSA) is 130 Å². The van der Waals surface area contributed by atoms with E-state index in [0.717, 1.165) is 6.26 Å². The van der Waals surface area contributed by atoms with Gasteiger partial charge in [0.1, 0.15) is 0 Å². The predicted molar refractivity (Wildman–Crippen MR) is 62.3 cm³/mol. The molecular weight excluding hydrogens is 254 g/mol. The number of hydrogen-bond acceptors (Lipinski definition) is 5. The second-order valence-electron chi connectivity index (χ2n) is 4.28. The Morgan fingerprint density at radius 3 is 2.06 bits per heavy atom. The smallest absolute Gasteiger partial charge is 0.226 e. The minimum absolute atomic E-state index is 0.111. The Hall–Kier alpha value is -0.670. The molecule has 96 valence electrons. The van der Waals surface area contributed by atoms with E-state index < -0.39 is 30.4 Å². The standard InChI is InChI=1S/C7H17N3O4S2/c1-7(2,6(8)9)4-10-16(13,14)5-15(3,11)12/h10H,4-5H2,1-3H3,(H3,8,9). The summed E-state index contributed by atoms with van der Waals surface area (Å²) in [6.07, 6.45) is 0.836. The molecule has 4 N–H and O–H groups in total. The van der Waals surface area contributed by atoms with Gasteiger partial charge < -0.3 is 5.73 Å². The lowest BCUT2D eigenvalue weighted by Crippen LogP contribution is -2.43. The second kappa shape index (κ2) is 4.68. The third kappa shape index (κ3) is 6.03. The van der Waals surface area contributed by atoms with Crippen molar-refractivity contribution in [3.05, 3.63) is 0 Å². The Bertz CT molecular complexity index is 464. The van der Waals surface area contributed by atoms with E-state index in [9.17, 15) is 16.8 Å². The molecule has 0 bridgehead atoms. The maximum absolute atomic E-state index is 11.3. The van der Waals surface area contributed by atoms with Crippen LogP contribution in [0.4, 0.5) is 0 Å². The van der Waals surface area contributed by atoms with Gasteiger partial charge in [-0.15, -0.1) is 0 Å². The number of hydrogen-bond donors (Lipinski definition) is 3. The van der Waals surface area contributed by atoms with Crippen molar-refractivity contribution in [3.8, 4) is 0 Å². The third-order valence-corrected chi connectivity index (χ3v) is 5.37. The van der Waals surface area contributed by atoms with Crippen LogP contribution in [0.3, 0.4) is 0 Å². The predicted octanol–water partition coefficient (Wildman–Crippen LogP) is -1.13. The van der Waals surface area contributed by atoms with E-state index in [1.54, 1.807) is 13.8 Å². The van der Waals surface area contributed by atoms with Gasteiger partial charge in [-0.1, -0.05) is 13.8 Å². The normalized spacial score (nSPS) is 13.7. The molecule has 0 saturated carbocycles. The highest BCUT2D eigenvalue weighted by molar-refractivity contribution is 8.06. The van der Waals surface area contributed by atoms with Crippen LogP contribution in [0.1, 0.15) is 13.8 Å². The highest BCUT2D eigenvalue weighted by Gasteiger charge is 2.25. The highest BCUT2D eigenvalue weighted by Crippen LogP contribution is 2.12. The average Bonchev–Trinajstić information content (AvgIpc) is 1.96. The Kier molecular flexibility index (Phi) is 4.48. The lowest BCUT2D eigenvalue weighted by atomic mass is 9.93. The SMILES string of the molecule is CC(C)(CNS(=O)(=O)CS(C)(=O)=O)C(=N)N. The molecule has 0 aliphatic carbocycles. The first-order valence-corrected chi connectivity index (χ1v) is 8.06. The van der Waals surface area contributed by atoms with Crippen molar-refractivity contribution in [1.82, 2.24) is 4.72 Å². The van der Waals surface area contributed by atoms with Gasteiger partial charge in [0.15, 0.2) is 14.9 Å². The van der Waals surface area contributed by atoms with E-state index >= 15 is 0 Å². The van der Waals surface area contributed by atoms with Crippen LogP contribution in [-0.4, -0.2) is 40.6 Å². The van der Waals surface area contributed by atoms with Crippen LogP contribution in [0, 0.1) is 10.8 Å². The van der Waals surface area contributed by atoms with E-state index in [-0.39, 0.29) is 12.4 Å². The zero-order valence-electron chi connectivity index (χ0n) is 9.44. The summed E-state index contributed by atoms with van der Waals surface area (Å²) in [4.78, 5) is 0. The van der Waals surface area contributed by atoms with Crippen molar-refractivity contribution in [2.24, 2.45) is 11.1 Å². The van der Waals surface area contributed by atoms with Crippen LogP contribution in [-0.2, 0) is 19.9 Å². The largest absolute Gasteiger partial charge is 0.387 e. The van der Waals surface area contributed by atoms with Gasteiger partial charge in [-0.3, -0.25) is 5.41 Å². The molecule has 0 aliphatic heterocycles. The molecule has 0 unspecified atom stereocenters. The van der Waals surface area contributed by atoms with Crippen LogP contribution in [0.15, 0.2) is 0 Å². The molecule has 0 heterocycles. The first-order chi connectivity index (χ1) is 6.86. The summed E-state index contributed by atoms with van der Waals surface area (Å²) in [5, 5.41) is 6.25. The summed E-state index contributed by atoms with van der Waals surface area (Å²) in [6, 6.07) is 0. The summed E-state index contributed by atoms with van der Waals surface area (Å²) in [5.74, 6) is -0.172. The first-order valence-electron chi connectivity index (χ1n) is 4.35. The number of sulfonamides is 1. The molecule has 7 nitrogen and oxygen atoms in total. The molecule has 0 rings (SSSR count). The van der Waals surface area contributed by atoms with E-state index in [1.807, 2.05) is 0 Å². The Labute approximate surface area is 95.9 Å². The van der Waals surface area contributed by atoms with E-state index in [2.05, 4.69) is 4.72 Å². The van der Waals surface area contributed by atoms with Crippen LogP contribution >= 0.6 is 0 Å². The molecule has 0 fully saturated rings. The molecule has 0 aromatic rings. The molecule has 0 aromatic heterocycles. The van der Waals surface area contributed by atoms with E-state index in [1.165, 1.54) is 0 Å². The molecule has 0 spiro atoms. The van der Waals surface area contributed by atoms with Gasteiger partial charge in [0.05, 0.1) is 5.84 Å². The number of nitrogens with one attached hydrogen (secondary N) is 2. The number of nitrogens with two attached hydrogens (primary N) is 1. The molecule has 0 atom stereocenters. The molecule has 0 saturated heterocycles. The number of rotatable bonds is 6. The van der Waals surface area contributed by atoms with Gasteiger partial charge in [0, 0.05) is 18.2 Å². The van der Waals surface area contributed by atoms with Crippen molar-refractivity contribution in [3.63, 3.8) is 0 Å². The summed E-state index contributed by atoms with van der Waals surface area (Å²) in [7, 11) is -7.50. The van der Waals surface area contributed by atoms with Crippen molar-refractivity contribution in [2.75, 3.05) is 17.9 Å². The van der Waals surface area contributed by atoms with Crippen molar-refractivity contribution < 1.29 is 16.8 Å².